The maximum absolute atomic E-state index is 2.42. The molecular weight excluding hydrogens is 859 g/mol. The van der Waals surface area contributed by atoms with E-state index in [0.717, 1.165) is 39.6 Å². The van der Waals surface area contributed by atoms with Crippen molar-refractivity contribution in [2.75, 3.05) is 4.90 Å². The van der Waals surface area contributed by atoms with Crippen molar-refractivity contribution in [2.24, 2.45) is 0 Å². The fraction of sp³-hybridized carbons (Fsp3) is 0. The van der Waals surface area contributed by atoms with Crippen LogP contribution >= 0.6 is 0 Å². The predicted octanol–water partition coefficient (Wildman–Crippen LogP) is 18.7. The van der Waals surface area contributed by atoms with Gasteiger partial charge in [0.1, 0.15) is 0 Å². The lowest BCUT2D eigenvalue weighted by Gasteiger charge is -2.26. The zero-order chi connectivity index (χ0) is 46.8. The van der Waals surface area contributed by atoms with Crippen LogP contribution in [0.4, 0.5) is 17.1 Å². The molecule has 0 atom stereocenters. The molecule has 2 heterocycles. The monoisotopic (exact) mass is 903 g/mol. The Balaban J connectivity index is 0.954. The first-order chi connectivity index (χ1) is 35.2. The third kappa shape index (κ3) is 6.97. The van der Waals surface area contributed by atoms with E-state index in [0.29, 0.717) is 0 Å². The second-order valence-electron chi connectivity index (χ2n) is 18.6. The number of aromatic nitrogens is 2. The Morgan fingerprint density at radius 2 is 0.634 bits per heavy atom. The summed E-state index contributed by atoms with van der Waals surface area (Å²) in [5.74, 6) is 0. The molecule has 0 fully saturated rings. The molecule has 0 N–H and O–H groups in total. The van der Waals surface area contributed by atoms with Crippen molar-refractivity contribution in [1.29, 1.82) is 0 Å². The van der Waals surface area contributed by atoms with Gasteiger partial charge in [-0.3, -0.25) is 0 Å². The number of rotatable bonds is 8. The molecule has 0 spiro atoms. The molecule has 332 valence electrons. The number of hydrogen-bond donors (Lipinski definition) is 0. The molecule has 14 aromatic rings. The highest BCUT2D eigenvalue weighted by molar-refractivity contribution is 6.15. The van der Waals surface area contributed by atoms with E-state index in [9.17, 15) is 0 Å². The van der Waals surface area contributed by atoms with Gasteiger partial charge in [0.05, 0.1) is 22.1 Å². The molecule has 3 heteroatoms. The summed E-state index contributed by atoms with van der Waals surface area (Å²) in [6.45, 7) is 0. The maximum Gasteiger partial charge on any atom is 0.0547 e. The van der Waals surface area contributed by atoms with Crippen molar-refractivity contribution < 1.29 is 0 Å². The molecule has 0 saturated heterocycles. The SMILES string of the molecule is c1ccc(N(c2ccc(-c3cc(-c4ccc5c(c4)c4ccccc4n5-c4ccccc4)cc(-c4ccc5c(c4)c4cc6ccccc6cc4n5-c4ccccc4)c3)cc2)c2ccc3ccccc3c2)cc1. The van der Waals surface area contributed by atoms with Crippen LogP contribution in [-0.2, 0) is 0 Å². The van der Waals surface area contributed by atoms with Crippen LogP contribution in [0.2, 0.25) is 0 Å². The molecule has 0 unspecified atom stereocenters. The molecule has 0 amide bonds. The average molecular weight is 904 g/mol. The summed E-state index contributed by atoms with van der Waals surface area (Å²) in [7, 11) is 0. The first-order valence-electron chi connectivity index (χ1n) is 24.4. The van der Waals surface area contributed by atoms with Crippen molar-refractivity contribution >= 4 is 82.2 Å². The van der Waals surface area contributed by atoms with Crippen molar-refractivity contribution in [3.8, 4) is 44.8 Å². The van der Waals surface area contributed by atoms with E-state index in [1.807, 2.05) is 0 Å². The summed E-state index contributed by atoms with van der Waals surface area (Å²) in [6.07, 6.45) is 0. The van der Waals surface area contributed by atoms with Crippen LogP contribution in [0.1, 0.15) is 0 Å². The third-order valence-electron chi connectivity index (χ3n) is 14.4. The summed E-state index contributed by atoms with van der Waals surface area (Å²) in [5, 5.41) is 9.85. The average Bonchev–Trinajstić information content (AvgIpc) is 3.94. The van der Waals surface area contributed by atoms with E-state index >= 15 is 0 Å². The maximum atomic E-state index is 2.42. The van der Waals surface area contributed by atoms with E-state index in [-0.39, 0.29) is 0 Å². The quantitative estimate of drug-likeness (QED) is 0.148. The summed E-state index contributed by atoms with van der Waals surface area (Å²) < 4.78 is 4.81. The van der Waals surface area contributed by atoms with Gasteiger partial charge < -0.3 is 14.0 Å². The molecule has 0 aliphatic carbocycles. The first-order valence-corrected chi connectivity index (χ1v) is 24.4. The van der Waals surface area contributed by atoms with E-state index < -0.39 is 0 Å². The van der Waals surface area contributed by atoms with Crippen LogP contribution in [0.3, 0.4) is 0 Å². The zero-order valence-corrected chi connectivity index (χ0v) is 38.8. The molecule has 0 aliphatic heterocycles. The largest absolute Gasteiger partial charge is 0.310 e. The Hall–Kier alpha value is -9.44. The molecule has 3 nitrogen and oxygen atoms in total. The highest BCUT2D eigenvalue weighted by Gasteiger charge is 2.19. The van der Waals surface area contributed by atoms with Gasteiger partial charge in [0, 0.05) is 50.0 Å². The molecule has 0 saturated carbocycles. The number of anilines is 3. The lowest BCUT2D eigenvalue weighted by molar-refractivity contribution is 1.18. The fourth-order valence-electron chi connectivity index (χ4n) is 11.0. The van der Waals surface area contributed by atoms with Crippen LogP contribution in [0.5, 0.6) is 0 Å². The second kappa shape index (κ2) is 16.7. The summed E-state index contributed by atoms with van der Waals surface area (Å²) >= 11 is 0. The Morgan fingerprint density at radius 3 is 1.27 bits per heavy atom. The van der Waals surface area contributed by atoms with E-state index in [4.69, 9.17) is 0 Å². The van der Waals surface area contributed by atoms with Crippen LogP contribution in [0.25, 0.3) is 110 Å². The van der Waals surface area contributed by atoms with Crippen LogP contribution < -0.4 is 4.90 Å². The molecule has 71 heavy (non-hydrogen) atoms. The van der Waals surface area contributed by atoms with Crippen LogP contribution in [0.15, 0.2) is 273 Å². The van der Waals surface area contributed by atoms with Crippen molar-refractivity contribution in [2.45, 2.75) is 0 Å². The van der Waals surface area contributed by atoms with Gasteiger partial charge in [-0.05, 0) is 176 Å². The van der Waals surface area contributed by atoms with Gasteiger partial charge in [-0.2, -0.15) is 0 Å². The highest BCUT2D eigenvalue weighted by Crippen LogP contribution is 2.42. The number of nitrogens with zero attached hydrogens (tertiary/aromatic N) is 3. The summed E-state index contributed by atoms with van der Waals surface area (Å²) in [4.78, 5) is 2.35. The Kier molecular flexibility index (Phi) is 9.53. The molecular formula is C68H45N3. The second-order valence-corrected chi connectivity index (χ2v) is 18.6. The minimum absolute atomic E-state index is 1.10. The molecule has 0 bridgehead atoms. The van der Waals surface area contributed by atoms with Gasteiger partial charge in [-0.1, -0.05) is 152 Å². The summed E-state index contributed by atoms with van der Waals surface area (Å²) in [5.41, 5.74) is 17.4. The standard InChI is InChI=1S/C68H45N3/c1-4-20-56(21-5-1)69(60-35-30-46-16-10-11-17-48(46)41-60)59-33-28-47(29-34-59)53-38-54(51-31-36-66-62(43-51)61-26-14-15-27-65(61)70(66)57-22-6-2-7-23-57)40-55(39-53)52-32-37-67-63(44-52)64-42-49-18-12-13-19-50(49)45-68(64)71(67)58-24-8-3-9-25-58/h1-45H. The van der Waals surface area contributed by atoms with Crippen molar-refractivity contribution in [3.63, 3.8) is 0 Å². The van der Waals surface area contributed by atoms with E-state index in [1.165, 1.54) is 87.4 Å². The Labute approximate surface area is 412 Å². The smallest absolute Gasteiger partial charge is 0.0547 e. The Morgan fingerprint density at radius 1 is 0.211 bits per heavy atom. The van der Waals surface area contributed by atoms with Gasteiger partial charge in [0.2, 0.25) is 0 Å². The molecule has 14 rings (SSSR count). The third-order valence-corrected chi connectivity index (χ3v) is 14.4. The predicted molar refractivity (Wildman–Crippen MR) is 301 cm³/mol. The highest BCUT2D eigenvalue weighted by atomic mass is 15.1. The molecule has 0 radical (unpaired) electrons. The Bertz CT molecular complexity index is 4320. The number of benzene rings is 12. The van der Waals surface area contributed by atoms with Gasteiger partial charge in [-0.15, -0.1) is 0 Å². The van der Waals surface area contributed by atoms with E-state index in [1.54, 1.807) is 0 Å². The minimum atomic E-state index is 1.10. The van der Waals surface area contributed by atoms with Crippen LogP contribution in [0, 0.1) is 0 Å². The topological polar surface area (TPSA) is 13.1 Å². The van der Waals surface area contributed by atoms with Gasteiger partial charge in [0.15, 0.2) is 0 Å². The van der Waals surface area contributed by atoms with E-state index in [2.05, 4.69) is 287 Å². The zero-order valence-electron chi connectivity index (χ0n) is 38.8. The fourth-order valence-corrected chi connectivity index (χ4v) is 11.0. The van der Waals surface area contributed by atoms with Gasteiger partial charge in [-0.25, -0.2) is 0 Å². The minimum Gasteiger partial charge on any atom is -0.310 e. The lowest BCUT2D eigenvalue weighted by atomic mass is 9.92. The molecule has 2 aromatic heterocycles. The summed E-state index contributed by atoms with van der Waals surface area (Å²) in [6, 6.07) is 99.9. The van der Waals surface area contributed by atoms with Gasteiger partial charge in [0.25, 0.3) is 0 Å². The van der Waals surface area contributed by atoms with Crippen molar-refractivity contribution in [3.05, 3.63) is 273 Å². The normalized spacial score (nSPS) is 11.7. The molecule has 0 aliphatic rings. The van der Waals surface area contributed by atoms with Crippen LogP contribution in [-0.4, -0.2) is 9.13 Å². The lowest BCUT2D eigenvalue weighted by Crippen LogP contribution is -2.09. The number of para-hydroxylation sites is 4. The number of fused-ring (bicyclic) bond motifs is 8. The van der Waals surface area contributed by atoms with Gasteiger partial charge >= 0.3 is 0 Å². The number of hydrogen-bond acceptors (Lipinski definition) is 1. The molecule has 12 aromatic carbocycles. The van der Waals surface area contributed by atoms with Crippen molar-refractivity contribution in [1.82, 2.24) is 9.13 Å². The first kappa shape index (κ1) is 40.6.